The second-order valence-corrected chi connectivity index (χ2v) is 9.38. The average molecular weight is 395 g/mol. The fraction of sp³-hybridized carbons (Fsp3) is 0.368. The third-order valence-corrected chi connectivity index (χ3v) is 6.67. The van der Waals surface area contributed by atoms with Gasteiger partial charge < -0.3 is 9.47 Å². The predicted molar refractivity (Wildman–Crippen MR) is 96.4 cm³/mol. The van der Waals surface area contributed by atoms with Crippen LogP contribution in [-0.4, -0.2) is 26.0 Å². The van der Waals surface area contributed by atoms with Crippen molar-refractivity contribution in [2.45, 2.75) is 43.8 Å². The molecule has 0 bridgehead atoms. The summed E-state index contributed by atoms with van der Waals surface area (Å²) >= 11 is 0. The van der Waals surface area contributed by atoms with Crippen molar-refractivity contribution in [3.05, 3.63) is 48.0 Å². The SMILES string of the molecule is CC(C)S(=O)(=O)NC1CC1c1ccc(-c2ccc3c(c2)OC(F)(F)O3)cc1. The zero-order chi connectivity index (χ0) is 19.4. The number of rotatable bonds is 5. The minimum atomic E-state index is -3.63. The molecule has 144 valence electrons. The van der Waals surface area contributed by atoms with E-state index in [1.54, 1.807) is 19.9 Å². The van der Waals surface area contributed by atoms with Crippen LogP contribution in [0.2, 0.25) is 0 Å². The summed E-state index contributed by atoms with van der Waals surface area (Å²) in [5.41, 5.74) is 2.62. The number of halogens is 2. The molecule has 2 aliphatic rings. The maximum Gasteiger partial charge on any atom is 0.586 e. The Morgan fingerprint density at radius 3 is 2.33 bits per heavy atom. The van der Waals surface area contributed by atoms with E-state index in [4.69, 9.17) is 0 Å². The molecule has 5 nitrogen and oxygen atoms in total. The first-order valence-corrected chi connectivity index (χ1v) is 10.2. The third kappa shape index (κ3) is 3.64. The van der Waals surface area contributed by atoms with Crippen molar-refractivity contribution >= 4 is 10.0 Å². The Labute approximate surface area is 156 Å². The van der Waals surface area contributed by atoms with Gasteiger partial charge in [0.15, 0.2) is 11.5 Å². The Morgan fingerprint density at radius 2 is 1.67 bits per heavy atom. The van der Waals surface area contributed by atoms with E-state index in [-0.39, 0.29) is 23.5 Å². The van der Waals surface area contributed by atoms with Crippen molar-refractivity contribution < 1.29 is 26.7 Å². The van der Waals surface area contributed by atoms with E-state index in [0.29, 0.717) is 0 Å². The van der Waals surface area contributed by atoms with Crippen LogP contribution in [0.5, 0.6) is 11.5 Å². The molecule has 1 heterocycles. The van der Waals surface area contributed by atoms with E-state index < -0.39 is 21.6 Å². The van der Waals surface area contributed by atoms with Crippen LogP contribution in [0.15, 0.2) is 42.5 Å². The standard InChI is InChI=1S/C19H19F2NO4S/c1-11(2)27(23,24)22-16-10-15(16)13-5-3-12(4-6-13)14-7-8-17-18(9-14)26-19(20,21)25-17/h3-9,11,15-16,22H,10H2,1-2H3. The molecular formula is C19H19F2NO4S. The van der Waals surface area contributed by atoms with Crippen molar-refractivity contribution in [1.29, 1.82) is 0 Å². The van der Waals surface area contributed by atoms with E-state index in [2.05, 4.69) is 14.2 Å². The lowest BCUT2D eigenvalue weighted by atomic mass is 10.0. The largest absolute Gasteiger partial charge is 0.586 e. The lowest BCUT2D eigenvalue weighted by molar-refractivity contribution is -0.286. The highest BCUT2D eigenvalue weighted by molar-refractivity contribution is 7.90. The Hall–Kier alpha value is -2.19. The van der Waals surface area contributed by atoms with Crippen LogP contribution in [0, 0.1) is 0 Å². The smallest absolute Gasteiger partial charge is 0.395 e. The summed E-state index contributed by atoms with van der Waals surface area (Å²) in [4.78, 5) is 0. The molecular weight excluding hydrogens is 376 g/mol. The van der Waals surface area contributed by atoms with Gasteiger partial charge in [-0.3, -0.25) is 0 Å². The number of benzene rings is 2. The molecule has 1 fully saturated rings. The number of hydrogen-bond donors (Lipinski definition) is 1. The fourth-order valence-electron chi connectivity index (χ4n) is 3.09. The van der Waals surface area contributed by atoms with E-state index >= 15 is 0 Å². The van der Waals surface area contributed by atoms with Crippen molar-refractivity contribution in [1.82, 2.24) is 4.72 Å². The van der Waals surface area contributed by atoms with Gasteiger partial charge in [-0.15, -0.1) is 8.78 Å². The summed E-state index contributed by atoms with van der Waals surface area (Å²) in [6.45, 7) is 3.30. The van der Waals surface area contributed by atoms with Gasteiger partial charge in [0.1, 0.15) is 0 Å². The first kappa shape index (κ1) is 18.2. The Morgan fingerprint density at radius 1 is 1.04 bits per heavy atom. The minimum Gasteiger partial charge on any atom is -0.395 e. The van der Waals surface area contributed by atoms with Crippen molar-refractivity contribution in [2.24, 2.45) is 0 Å². The first-order valence-electron chi connectivity index (χ1n) is 8.66. The highest BCUT2D eigenvalue weighted by Crippen LogP contribution is 2.44. The van der Waals surface area contributed by atoms with E-state index in [0.717, 1.165) is 23.1 Å². The monoisotopic (exact) mass is 395 g/mol. The lowest BCUT2D eigenvalue weighted by Crippen LogP contribution is -2.33. The number of alkyl halides is 2. The van der Waals surface area contributed by atoms with Gasteiger partial charge in [-0.25, -0.2) is 13.1 Å². The molecule has 0 aromatic heterocycles. The number of ether oxygens (including phenoxy) is 2. The van der Waals surface area contributed by atoms with Gasteiger partial charge in [-0.2, -0.15) is 0 Å². The molecule has 2 unspecified atom stereocenters. The van der Waals surface area contributed by atoms with Crippen LogP contribution in [0.4, 0.5) is 8.78 Å². The summed E-state index contributed by atoms with van der Waals surface area (Å²) in [7, 11) is -3.28. The number of nitrogens with one attached hydrogen (secondary N) is 1. The van der Waals surface area contributed by atoms with Crippen molar-refractivity contribution in [3.63, 3.8) is 0 Å². The number of hydrogen-bond acceptors (Lipinski definition) is 4. The summed E-state index contributed by atoms with van der Waals surface area (Å²) in [5, 5.41) is -0.459. The van der Waals surface area contributed by atoms with Crippen LogP contribution in [-0.2, 0) is 10.0 Å². The Kier molecular flexibility index (Phi) is 4.16. The van der Waals surface area contributed by atoms with E-state index in [9.17, 15) is 17.2 Å². The molecule has 2 aromatic rings. The molecule has 0 saturated heterocycles. The summed E-state index contributed by atoms with van der Waals surface area (Å²) in [5.74, 6) is 0.175. The van der Waals surface area contributed by atoms with Gasteiger partial charge in [-0.05, 0) is 49.1 Å². The van der Waals surface area contributed by atoms with Gasteiger partial charge in [0.25, 0.3) is 0 Å². The minimum absolute atomic E-state index is 0.00641. The topological polar surface area (TPSA) is 64.6 Å². The fourth-order valence-corrected chi connectivity index (χ4v) is 4.05. The van der Waals surface area contributed by atoms with Gasteiger partial charge in [0.05, 0.1) is 5.25 Å². The molecule has 0 amide bonds. The summed E-state index contributed by atoms with van der Waals surface area (Å²) < 4.78 is 61.8. The molecule has 2 aromatic carbocycles. The molecule has 0 radical (unpaired) electrons. The molecule has 0 spiro atoms. The molecule has 4 rings (SSSR count). The lowest BCUT2D eigenvalue weighted by Gasteiger charge is -2.09. The summed E-state index contributed by atoms with van der Waals surface area (Å²) in [6.07, 6.45) is -2.86. The van der Waals surface area contributed by atoms with Crippen LogP contribution in [0.3, 0.4) is 0 Å². The van der Waals surface area contributed by atoms with Crippen LogP contribution in [0.25, 0.3) is 11.1 Å². The van der Waals surface area contributed by atoms with Crippen molar-refractivity contribution in [3.8, 4) is 22.6 Å². The highest BCUT2D eigenvalue weighted by Gasteiger charge is 2.43. The van der Waals surface area contributed by atoms with Crippen LogP contribution >= 0.6 is 0 Å². The van der Waals surface area contributed by atoms with Gasteiger partial charge in [0, 0.05) is 12.0 Å². The summed E-state index contributed by atoms with van der Waals surface area (Å²) in [6, 6.07) is 12.2. The maximum atomic E-state index is 13.1. The zero-order valence-corrected chi connectivity index (χ0v) is 15.6. The first-order chi connectivity index (χ1) is 12.6. The van der Waals surface area contributed by atoms with E-state index in [1.807, 2.05) is 24.3 Å². The van der Waals surface area contributed by atoms with Gasteiger partial charge >= 0.3 is 6.29 Å². The van der Waals surface area contributed by atoms with E-state index in [1.165, 1.54) is 12.1 Å². The average Bonchev–Trinajstić information content (AvgIpc) is 3.26. The third-order valence-electron chi connectivity index (χ3n) is 4.80. The van der Waals surface area contributed by atoms with Gasteiger partial charge in [0.2, 0.25) is 10.0 Å². The predicted octanol–water partition coefficient (Wildman–Crippen LogP) is 3.86. The molecule has 2 atom stereocenters. The molecule has 1 aliphatic heterocycles. The highest BCUT2D eigenvalue weighted by atomic mass is 32.2. The molecule has 1 N–H and O–H groups in total. The number of fused-ring (bicyclic) bond motifs is 1. The second kappa shape index (κ2) is 6.17. The molecule has 1 saturated carbocycles. The Bertz CT molecular complexity index is 974. The number of sulfonamides is 1. The second-order valence-electron chi connectivity index (χ2n) is 7.11. The molecule has 1 aliphatic carbocycles. The molecule has 27 heavy (non-hydrogen) atoms. The van der Waals surface area contributed by atoms with Crippen LogP contribution < -0.4 is 14.2 Å². The van der Waals surface area contributed by atoms with Crippen LogP contribution in [0.1, 0.15) is 31.7 Å². The zero-order valence-electron chi connectivity index (χ0n) is 14.8. The normalized spacial score (nSPS) is 22.9. The quantitative estimate of drug-likeness (QED) is 0.835. The Balaban J connectivity index is 1.47. The van der Waals surface area contributed by atoms with Gasteiger partial charge in [-0.1, -0.05) is 30.3 Å². The van der Waals surface area contributed by atoms with Crippen molar-refractivity contribution in [2.75, 3.05) is 0 Å². The maximum absolute atomic E-state index is 13.1. The molecule has 8 heteroatoms.